The first kappa shape index (κ1) is 14.8. The molecule has 1 saturated carbocycles. The highest BCUT2D eigenvalue weighted by Gasteiger charge is 2.34. The van der Waals surface area contributed by atoms with E-state index in [2.05, 4.69) is 5.32 Å². The molecule has 112 valence electrons. The Labute approximate surface area is 118 Å². The second-order valence-electron chi connectivity index (χ2n) is 5.91. The summed E-state index contributed by atoms with van der Waals surface area (Å²) in [7, 11) is 1.65. The molecule has 0 heterocycles. The minimum absolute atomic E-state index is 0.246. The van der Waals surface area contributed by atoms with Gasteiger partial charge in [0.25, 0.3) is 0 Å². The molecule has 2 aliphatic carbocycles. The molecule has 0 bridgehead atoms. The van der Waals surface area contributed by atoms with Crippen molar-refractivity contribution >= 4 is 12.0 Å². The minimum atomic E-state index is -0.869. The van der Waals surface area contributed by atoms with Gasteiger partial charge in [-0.2, -0.15) is 0 Å². The topological polar surface area (TPSA) is 89.9 Å². The van der Waals surface area contributed by atoms with Gasteiger partial charge in [-0.25, -0.2) is 4.79 Å². The van der Waals surface area contributed by atoms with Gasteiger partial charge in [0.05, 0.1) is 24.1 Å². The van der Waals surface area contributed by atoms with Crippen LogP contribution in [0.4, 0.5) is 4.79 Å². The highest BCUT2D eigenvalue weighted by Crippen LogP contribution is 2.30. The van der Waals surface area contributed by atoms with Crippen LogP contribution in [0, 0.1) is 5.92 Å². The summed E-state index contributed by atoms with van der Waals surface area (Å²) in [6, 6.07) is -0.518. The summed E-state index contributed by atoms with van der Waals surface area (Å²) < 4.78 is 0. The molecule has 2 amide bonds. The van der Waals surface area contributed by atoms with Crippen LogP contribution in [0.25, 0.3) is 0 Å². The van der Waals surface area contributed by atoms with E-state index in [0.29, 0.717) is 13.0 Å². The van der Waals surface area contributed by atoms with Crippen molar-refractivity contribution in [3.05, 3.63) is 12.2 Å². The molecule has 0 saturated heterocycles. The van der Waals surface area contributed by atoms with Gasteiger partial charge in [0.2, 0.25) is 0 Å². The number of rotatable bonds is 4. The summed E-state index contributed by atoms with van der Waals surface area (Å²) in [5.41, 5.74) is -0.763. The number of carboxylic acid groups (broad SMARTS) is 1. The first-order chi connectivity index (χ1) is 9.39. The Bertz CT molecular complexity index is 415. The molecule has 20 heavy (non-hydrogen) atoms. The zero-order valence-corrected chi connectivity index (χ0v) is 11.7. The maximum Gasteiger partial charge on any atom is 0.317 e. The van der Waals surface area contributed by atoms with Crippen molar-refractivity contribution in [2.75, 3.05) is 13.6 Å². The summed E-state index contributed by atoms with van der Waals surface area (Å²) in [6.45, 7) is 0.317. The number of hydrogen-bond acceptors (Lipinski definition) is 3. The predicted molar refractivity (Wildman–Crippen MR) is 73.3 cm³/mol. The third-order valence-corrected chi connectivity index (χ3v) is 4.12. The zero-order valence-electron chi connectivity index (χ0n) is 11.7. The molecule has 2 rings (SSSR count). The fourth-order valence-corrected chi connectivity index (χ4v) is 2.96. The number of carbonyl (C=O) groups excluding carboxylic acids is 1. The molecular weight excluding hydrogens is 260 g/mol. The van der Waals surface area contributed by atoms with Crippen molar-refractivity contribution in [1.82, 2.24) is 10.2 Å². The molecule has 0 radical (unpaired) electrons. The van der Waals surface area contributed by atoms with E-state index in [0.717, 1.165) is 25.7 Å². The normalized spacial score (nSPS) is 27.5. The number of aliphatic carboxylic acids is 1. The molecule has 0 aromatic rings. The number of carboxylic acids is 1. The average molecular weight is 282 g/mol. The smallest absolute Gasteiger partial charge is 0.317 e. The van der Waals surface area contributed by atoms with Crippen molar-refractivity contribution in [2.45, 2.75) is 43.7 Å². The van der Waals surface area contributed by atoms with E-state index in [1.807, 2.05) is 0 Å². The average Bonchev–Trinajstić information content (AvgIpc) is 2.98. The van der Waals surface area contributed by atoms with Crippen LogP contribution in [0.2, 0.25) is 0 Å². The molecule has 6 heteroatoms. The van der Waals surface area contributed by atoms with E-state index in [4.69, 9.17) is 5.11 Å². The van der Waals surface area contributed by atoms with Crippen LogP contribution in [0.15, 0.2) is 12.2 Å². The molecule has 3 N–H and O–H groups in total. The summed E-state index contributed by atoms with van der Waals surface area (Å²) >= 11 is 0. The third kappa shape index (κ3) is 3.50. The number of hydrogen-bond donors (Lipinski definition) is 3. The molecular formula is C14H22N2O4. The minimum Gasteiger partial charge on any atom is -0.481 e. The van der Waals surface area contributed by atoms with E-state index < -0.39 is 17.5 Å². The van der Waals surface area contributed by atoms with Crippen LogP contribution in [0.3, 0.4) is 0 Å². The number of aliphatic hydroxyl groups is 1. The van der Waals surface area contributed by atoms with E-state index in [1.54, 1.807) is 19.2 Å². The quantitative estimate of drug-likeness (QED) is 0.670. The number of urea groups is 1. The van der Waals surface area contributed by atoms with Gasteiger partial charge in [0, 0.05) is 7.05 Å². The maximum atomic E-state index is 12.0. The number of amides is 2. The van der Waals surface area contributed by atoms with Crippen LogP contribution in [0.5, 0.6) is 0 Å². The van der Waals surface area contributed by atoms with Crippen LogP contribution in [0.1, 0.15) is 32.1 Å². The van der Waals surface area contributed by atoms with Crippen LogP contribution >= 0.6 is 0 Å². The fraction of sp³-hybridized carbons (Fsp3) is 0.714. The van der Waals surface area contributed by atoms with Gasteiger partial charge in [0.15, 0.2) is 0 Å². The summed E-state index contributed by atoms with van der Waals surface area (Å²) in [5.74, 6) is -1.39. The van der Waals surface area contributed by atoms with Gasteiger partial charge >= 0.3 is 12.0 Å². The number of nitrogens with one attached hydrogen (secondary N) is 1. The predicted octanol–water partition coefficient (Wildman–Crippen LogP) is 0.962. The zero-order chi connectivity index (χ0) is 14.8. The van der Waals surface area contributed by atoms with E-state index in [1.165, 1.54) is 4.90 Å². The van der Waals surface area contributed by atoms with Crippen molar-refractivity contribution in [3.63, 3.8) is 0 Å². The third-order valence-electron chi connectivity index (χ3n) is 4.12. The van der Waals surface area contributed by atoms with Crippen molar-refractivity contribution in [3.8, 4) is 0 Å². The van der Waals surface area contributed by atoms with Crippen LogP contribution in [-0.2, 0) is 4.79 Å². The molecule has 1 fully saturated rings. The molecule has 6 nitrogen and oxygen atoms in total. The Hall–Kier alpha value is -1.56. The van der Waals surface area contributed by atoms with E-state index in [-0.39, 0.29) is 12.1 Å². The lowest BCUT2D eigenvalue weighted by molar-refractivity contribution is -0.140. The number of likely N-dealkylation sites (N-methyl/N-ethyl adjacent to an activating group) is 1. The van der Waals surface area contributed by atoms with Crippen LogP contribution < -0.4 is 5.32 Å². The lowest BCUT2D eigenvalue weighted by Gasteiger charge is -2.29. The van der Waals surface area contributed by atoms with E-state index in [9.17, 15) is 14.7 Å². The van der Waals surface area contributed by atoms with Gasteiger partial charge in [-0.15, -0.1) is 0 Å². The SMILES string of the molecule is CN(CC1(O)CCCC1)C(=O)NC1C=CC(C(=O)O)C1. The van der Waals surface area contributed by atoms with Crippen molar-refractivity contribution in [1.29, 1.82) is 0 Å². The maximum absolute atomic E-state index is 12.0. The van der Waals surface area contributed by atoms with Gasteiger partial charge in [-0.05, 0) is 19.3 Å². The number of nitrogens with zero attached hydrogens (tertiary/aromatic N) is 1. The molecule has 0 aliphatic heterocycles. The summed E-state index contributed by atoms with van der Waals surface area (Å²) in [6.07, 6.45) is 7.17. The first-order valence-corrected chi connectivity index (χ1v) is 7.05. The standard InChI is InChI=1S/C14H22N2O4/c1-16(9-14(20)6-2-3-7-14)13(19)15-11-5-4-10(8-11)12(17)18/h4-5,10-11,20H,2-3,6-9H2,1H3,(H,15,19)(H,17,18). The van der Waals surface area contributed by atoms with Gasteiger partial charge < -0.3 is 20.4 Å². The van der Waals surface area contributed by atoms with Crippen LogP contribution in [-0.4, -0.2) is 52.3 Å². The molecule has 0 aromatic heterocycles. The molecule has 0 spiro atoms. The first-order valence-electron chi connectivity index (χ1n) is 7.05. The fourth-order valence-electron chi connectivity index (χ4n) is 2.96. The second-order valence-corrected chi connectivity index (χ2v) is 5.91. The Morgan fingerprint density at radius 1 is 1.35 bits per heavy atom. The lowest BCUT2D eigenvalue weighted by Crippen LogP contribution is -2.48. The molecule has 2 atom stereocenters. The highest BCUT2D eigenvalue weighted by molar-refractivity contribution is 5.76. The molecule has 2 aliphatic rings. The lowest BCUT2D eigenvalue weighted by atomic mass is 10.0. The van der Waals surface area contributed by atoms with Gasteiger partial charge in [-0.3, -0.25) is 4.79 Å². The Morgan fingerprint density at radius 2 is 2.00 bits per heavy atom. The van der Waals surface area contributed by atoms with Crippen molar-refractivity contribution in [2.24, 2.45) is 5.92 Å². The van der Waals surface area contributed by atoms with Crippen molar-refractivity contribution < 1.29 is 19.8 Å². The second kappa shape index (κ2) is 5.83. The monoisotopic (exact) mass is 282 g/mol. The largest absolute Gasteiger partial charge is 0.481 e. The van der Waals surface area contributed by atoms with E-state index >= 15 is 0 Å². The molecule has 2 unspecified atom stereocenters. The molecule has 0 aromatic carbocycles. The Kier molecular flexibility index (Phi) is 4.32. The van der Waals surface area contributed by atoms with Gasteiger partial charge in [-0.1, -0.05) is 25.0 Å². The summed E-state index contributed by atoms with van der Waals surface area (Å²) in [4.78, 5) is 24.3. The summed E-state index contributed by atoms with van der Waals surface area (Å²) in [5, 5.41) is 21.9. The van der Waals surface area contributed by atoms with Gasteiger partial charge in [0.1, 0.15) is 0 Å². The Balaban J connectivity index is 1.80. The Morgan fingerprint density at radius 3 is 2.55 bits per heavy atom. The highest BCUT2D eigenvalue weighted by atomic mass is 16.4. The number of carbonyl (C=O) groups is 2.